The first kappa shape index (κ1) is 10.6. The van der Waals surface area contributed by atoms with Crippen molar-refractivity contribution in [3.05, 3.63) is 0 Å². The van der Waals surface area contributed by atoms with Crippen LogP contribution in [0, 0.1) is 0 Å². The van der Waals surface area contributed by atoms with E-state index in [-0.39, 0.29) is 18.9 Å². The van der Waals surface area contributed by atoms with Crippen LogP contribution in [0.5, 0.6) is 0 Å². The van der Waals surface area contributed by atoms with Gasteiger partial charge in [0.2, 0.25) is 17.7 Å². The van der Waals surface area contributed by atoms with E-state index >= 15 is 0 Å². The maximum absolute atomic E-state index is 11.0. The maximum atomic E-state index is 11.0. The average Bonchev–Trinajstić information content (AvgIpc) is 2.40. The summed E-state index contributed by atoms with van der Waals surface area (Å²) >= 11 is 0. The van der Waals surface area contributed by atoms with E-state index in [0.29, 0.717) is 0 Å². The molecule has 7 heteroatoms. The van der Waals surface area contributed by atoms with E-state index < -0.39 is 24.0 Å². The Hall–Kier alpha value is -1.47. The molecule has 0 saturated carbocycles. The number of aliphatic hydroxyl groups excluding tert-OH is 1. The minimum Gasteiger partial charge on any atom is -0.382 e. The number of carbonyl (C=O) groups is 3. The van der Waals surface area contributed by atoms with Crippen LogP contribution >= 0.6 is 0 Å². The summed E-state index contributed by atoms with van der Waals surface area (Å²) < 4.78 is 0. The molecule has 1 aliphatic rings. The Kier molecular flexibility index (Phi) is 3.15. The number of amides is 3. The maximum Gasteiger partial charge on any atom is 0.247 e. The first-order valence-electron chi connectivity index (χ1n) is 4.05. The number of hydrogen-bond acceptors (Lipinski definition) is 5. The standard InChI is InChI=1S/C7H11N3O4/c8-6(13)4(11)2-9-3-1-5(12)10-7(3)14/h3-4,9,11H,1-2H2,(H2,8,13)(H,10,12,14). The molecule has 7 nitrogen and oxygen atoms in total. The number of nitrogens with two attached hydrogens (primary N) is 1. The highest BCUT2D eigenvalue weighted by Gasteiger charge is 2.30. The Morgan fingerprint density at radius 2 is 2.36 bits per heavy atom. The Morgan fingerprint density at radius 1 is 1.71 bits per heavy atom. The lowest BCUT2D eigenvalue weighted by Crippen LogP contribution is -2.44. The van der Waals surface area contributed by atoms with Gasteiger partial charge in [0.05, 0.1) is 12.5 Å². The molecule has 1 aliphatic heterocycles. The number of rotatable bonds is 4. The van der Waals surface area contributed by atoms with Gasteiger partial charge in [0, 0.05) is 6.54 Å². The third kappa shape index (κ3) is 2.51. The van der Waals surface area contributed by atoms with Crippen LogP contribution in [0.15, 0.2) is 0 Å². The van der Waals surface area contributed by atoms with Crippen molar-refractivity contribution in [3.8, 4) is 0 Å². The normalized spacial score (nSPS) is 23.4. The third-order valence-electron chi connectivity index (χ3n) is 1.85. The molecule has 0 spiro atoms. The summed E-state index contributed by atoms with van der Waals surface area (Å²) in [6, 6.07) is -0.684. The van der Waals surface area contributed by atoms with Crippen LogP contribution in [-0.4, -0.2) is 41.5 Å². The molecule has 1 rings (SSSR count). The molecule has 1 heterocycles. The van der Waals surface area contributed by atoms with Crippen molar-refractivity contribution in [2.45, 2.75) is 18.6 Å². The molecule has 14 heavy (non-hydrogen) atoms. The summed E-state index contributed by atoms with van der Waals surface area (Å²) in [6.07, 6.45) is -1.33. The van der Waals surface area contributed by atoms with Crippen LogP contribution in [-0.2, 0) is 14.4 Å². The van der Waals surface area contributed by atoms with E-state index in [0.717, 1.165) is 0 Å². The minimum absolute atomic E-state index is 0.0182. The Balaban J connectivity index is 2.35. The van der Waals surface area contributed by atoms with E-state index in [1.54, 1.807) is 0 Å². The second-order valence-corrected chi connectivity index (χ2v) is 3.00. The molecule has 2 atom stereocenters. The molecule has 0 aromatic heterocycles. The zero-order valence-electron chi connectivity index (χ0n) is 7.32. The van der Waals surface area contributed by atoms with E-state index in [1.165, 1.54) is 0 Å². The lowest BCUT2D eigenvalue weighted by atomic mass is 10.2. The number of imide groups is 1. The Morgan fingerprint density at radius 3 is 2.79 bits per heavy atom. The van der Waals surface area contributed by atoms with Crippen molar-refractivity contribution in [2.24, 2.45) is 5.73 Å². The molecule has 0 bridgehead atoms. The summed E-state index contributed by atoms with van der Waals surface area (Å²) in [5.74, 6) is -1.70. The largest absolute Gasteiger partial charge is 0.382 e. The molecule has 1 fully saturated rings. The molecular formula is C7H11N3O4. The third-order valence-corrected chi connectivity index (χ3v) is 1.85. The highest BCUT2D eigenvalue weighted by molar-refractivity contribution is 6.05. The topological polar surface area (TPSA) is 122 Å². The number of primary amides is 1. The number of hydrogen-bond donors (Lipinski definition) is 4. The number of carbonyl (C=O) groups excluding carboxylic acids is 3. The van der Waals surface area contributed by atoms with Gasteiger partial charge < -0.3 is 16.2 Å². The van der Waals surface area contributed by atoms with Crippen LogP contribution in [0.25, 0.3) is 0 Å². The number of nitrogens with one attached hydrogen (secondary N) is 2. The van der Waals surface area contributed by atoms with Gasteiger partial charge in [-0.3, -0.25) is 19.7 Å². The fourth-order valence-electron chi connectivity index (χ4n) is 1.07. The molecular weight excluding hydrogens is 190 g/mol. The molecule has 3 amide bonds. The molecule has 0 radical (unpaired) electrons. The van der Waals surface area contributed by atoms with Crippen molar-refractivity contribution in [1.82, 2.24) is 10.6 Å². The predicted molar refractivity (Wildman–Crippen MR) is 44.8 cm³/mol. The SMILES string of the molecule is NC(=O)C(O)CNC1CC(=O)NC1=O. The Bertz CT molecular complexity index is 278. The highest BCUT2D eigenvalue weighted by atomic mass is 16.3. The minimum atomic E-state index is -1.35. The monoisotopic (exact) mass is 201 g/mol. The van der Waals surface area contributed by atoms with Gasteiger partial charge in [-0.25, -0.2) is 0 Å². The molecule has 78 valence electrons. The lowest BCUT2D eigenvalue weighted by molar-refractivity contribution is -0.127. The van der Waals surface area contributed by atoms with Crippen LogP contribution < -0.4 is 16.4 Å². The molecule has 2 unspecified atom stereocenters. The lowest BCUT2D eigenvalue weighted by Gasteiger charge is -2.11. The van der Waals surface area contributed by atoms with Gasteiger partial charge in [-0.2, -0.15) is 0 Å². The van der Waals surface area contributed by atoms with Crippen molar-refractivity contribution in [1.29, 1.82) is 0 Å². The zero-order chi connectivity index (χ0) is 10.7. The first-order valence-corrected chi connectivity index (χ1v) is 4.05. The van der Waals surface area contributed by atoms with Crippen molar-refractivity contribution < 1.29 is 19.5 Å². The summed E-state index contributed by atoms with van der Waals surface area (Å²) in [4.78, 5) is 32.1. The van der Waals surface area contributed by atoms with Gasteiger partial charge in [0.1, 0.15) is 6.10 Å². The van der Waals surface area contributed by atoms with Gasteiger partial charge in [-0.15, -0.1) is 0 Å². The number of aliphatic hydroxyl groups is 1. The second-order valence-electron chi connectivity index (χ2n) is 3.00. The molecule has 5 N–H and O–H groups in total. The molecule has 0 aliphatic carbocycles. The van der Waals surface area contributed by atoms with E-state index in [2.05, 4.69) is 10.6 Å². The average molecular weight is 201 g/mol. The van der Waals surface area contributed by atoms with E-state index in [1.807, 2.05) is 0 Å². The fourth-order valence-corrected chi connectivity index (χ4v) is 1.07. The van der Waals surface area contributed by atoms with Crippen molar-refractivity contribution in [3.63, 3.8) is 0 Å². The quantitative estimate of drug-likeness (QED) is 0.358. The van der Waals surface area contributed by atoms with Crippen LogP contribution in [0.4, 0.5) is 0 Å². The van der Waals surface area contributed by atoms with Crippen LogP contribution in [0.3, 0.4) is 0 Å². The molecule has 1 saturated heterocycles. The molecule has 0 aromatic carbocycles. The molecule has 0 aromatic rings. The van der Waals surface area contributed by atoms with Crippen LogP contribution in [0.2, 0.25) is 0 Å². The predicted octanol–water partition coefficient (Wildman–Crippen LogP) is -3.16. The summed E-state index contributed by atoms with van der Waals surface area (Å²) in [5, 5.41) is 13.6. The Labute approximate surface area is 79.6 Å². The summed E-state index contributed by atoms with van der Waals surface area (Å²) in [6.45, 7) is -0.138. The first-order chi connectivity index (χ1) is 6.50. The van der Waals surface area contributed by atoms with Gasteiger partial charge in [-0.1, -0.05) is 0 Å². The van der Waals surface area contributed by atoms with Gasteiger partial charge in [0.15, 0.2) is 0 Å². The van der Waals surface area contributed by atoms with Gasteiger partial charge in [-0.05, 0) is 0 Å². The van der Waals surface area contributed by atoms with Crippen molar-refractivity contribution in [2.75, 3.05) is 6.54 Å². The second kappa shape index (κ2) is 4.16. The van der Waals surface area contributed by atoms with Gasteiger partial charge in [0.25, 0.3) is 0 Å². The summed E-state index contributed by atoms with van der Waals surface area (Å²) in [7, 11) is 0. The fraction of sp³-hybridized carbons (Fsp3) is 0.571. The zero-order valence-corrected chi connectivity index (χ0v) is 7.32. The van der Waals surface area contributed by atoms with Crippen LogP contribution in [0.1, 0.15) is 6.42 Å². The summed E-state index contributed by atoms with van der Waals surface area (Å²) in [5.41, 5.74) is 4.79. The van der Waals surface area contributed by atoms with E-state index in [4.69, 9.17) is 10.8 Å². The van der Waals surface area contributed by atoms with Crippen molar-refractivity contribution >= 4 is 17.7 Å². The van der Waals surface area contributed by atoms with E-state index in [9.17, 15) is 14.4 Å². The van der Waals surface area contributed by atoms with Gasteiger partial charge >= 0.3 is 0 Å². The smallest absolute Gasteiger partial charge is 0.247 e. The highest BCUT2D eigenvalue weighted by Crippen LogP contribution is 2.00.